The lowest BCUT2D eigenvalue weighted by Gasteiger charge is -2.22. The molecule has 0 unspecified atom stereocenters. The van der Waals surface area contributed by atoms with Crippen molar-refractivity contribution in [1.82, 2.24) is 4.72 Å². The van der Waals surface area contributed by atoms with Crippen LogP contribution >= 0.6 is 0 Å². The van der Waals surface area contributed by atoms with Gasteiger partial charge in [0.25, 0.3) is 0 Å². The zero-order valence-electron chi connectivity index (χ0n) is 15.6. The lowest BCUT2D eigenvalue weighted by molar-refractivity contribution is -0.118. The first-order valence-corrected chi connectivity index (χ1v) is 10.4. The summed E-state index contributed by atoms with van der Waals surface area (Å²) in [7, 11) is -3.92. The first kappa shape index (κ1) is 19.9. The second-order valence-corrected chi connectivity index (χ2v) is 8.57. The highest BCUT2D eigenvalue weighted by atomic mass is 32.2. The largest absolute Gasteiger partial charge is 0.506 e. The van der Waals surface area contributed by atoms with Crippen molar-refractivity contribution in [3.63, 3.8) is 0 Å². The smallest absolute Gasteiger partial charge is 0.242 e. The monoisotopic (exact) mass is 398 g/mol. The number of hydrogen-bond donors (Lipinski definition) is 3. The molecule has 0 heterocycles. The molecule has 0 aliphatic carbocycles. The first-order valence-electron chi connectivity index (χ1n) is 8.88. The summed E-state index contributed by atoms with van der Waals surface area (Å²) in [4.78, 5) is 12.8. The fourth-order valence-electron chi connectivity index (χ4n) is 2.85. The summed E-state index contributed by atoms with van der Waals surface area (Å²) in [5, 5.41) is 14.1. The van der Waals surface area contributed by atoms with Gasteiger partial charge in [0.05, 0.1) is 10.6 Å². The lowest BCUT2D eigenvalue weighted by atomic mass is 10.0. The average Bonchev–Trinajstić information content (AvgIpc) is 2.67. The van der Waals surface area contributed by atoms with E-state index in [9.17, 15) is 18.3 Å². The highest BCUT2D eigenvalue weighted by Gasteiger charge is 2.29. The molecule has 28 heavy (non-hydrogen) atoms. The lowest BCUT2D eigenvalue weighted by Crippen LogP contribution is -2.47. The normalized spacial score (nSPS) is 12.8. The van der Waals surface area contributed by atoms with Crippen molar-refractivity contribution in [2.75, 3.05) is 5.32 Å². The number of rotatable bonds is 6. The number of sulfonamides is 1. The van der Waals surface area contributed by atoms with Gasteiger partial charge in [-0.3, -0.25) is 4.79 Å². The Kier molecular flexibility index (Phi) is 5.67. The predicted octanol–water partition coefficient (Wildman–Crippen LogP) is 3.49. The molecule has 7 heteroatoms. The number of phenolic OH excluding ortho intramolecular Hbond substituents is 1. The van der Waals surface area contributed by atoms with Crippen molar-refractivity contribution in [3.8, 4) is 5.75 Å². The highest BCUT2D eigenvalue weighted by molar-refractivity contribution is 7.89. The van der Waals surface area contributed by atoms with Crippen LogP contribution in [0.15, 0.2) is 71.6 Å². The Labute approximate surface area is 164 Å². The molecule has 1 atom stereocenters. The highest BCUT2D eigenvalue weighted by Crippen LogP contribution is 2.23. The maximum atomic E-state index is 12.9. The molecule has 3 rings (SSSR count). The molecule has 0 radical (unpaired) electrons. The van der Waals surface area contributed by atoms with Gasteiger partial charge in [-0.1, -0.05) is 56.3 Å². The molecule has 0 aliphatic heterocycles. The van der Waals surface area contributed by atoms with Crippen LogP contribution in [0, 0.1) is 5.92 Å². The standard InChI is InChI=1S/C21H22N2O4S/c1-14(2)20(21(25)22-18-9-5-6-10-19(18)24)23-28(26,27)17-12-11-15-7-3-4-8-16(15)13-17/h3-14,20,23-24H,1-2H3,(H,22,25)/t20-/m0/s1. The zero-order chi connectivity index (χ0) is 20.3. The van der Waals surface area contributed by atoms with Crippen molar-refractivity contribution >= 4 is 32.4 Å². The Balaban J connectivity index is 1.85. The zero-order valence-corrected chi connectivity index (χ0v) is 16.4. The summed E-state index contributed by atoms with van der Waals surface area (Å²) in [6.07, 6.45) is 0. The fraction of sp³-hybridized carbons (Fsp3) is 0.190. The second kappa shape index (κ2) is 8.00. The Morgan fingerprint density at radius 1 is 0.929 bits per heavy atom. The van der Waals surface area contributed by atoms with Gasteiger partial charge in [0, 0.05) is 0 Å². The van der Waals surface area contributed by atoms with E-state index in [4.69, 9.17) is 0 Å². The number of carbonyl (C=O) groups is 1. The van der Waals surface area contributed by atoms with Gasteiger partial charge < -0.3 is 10.4 Å². The van der Waals surface area contributed by atoms with E-state index in [2.05, 4.69) is 10.0 Å². The number of benzene rings is 3. The molecule has 146 valence electrons. The van der Waals surface area contributed by atoms with Crippen LogP contribution in [0.25, 0.3) is 10.8 Å². The summed E-state index contributed by atoms with van der Waals surface area (Å²) in [6.45, 7) is 3.50. The number of hydrogen-bond acceptors (Lipinski definition) is 4. The Bertz CT molecular complexity index is 1110. The summed E-state index contributed by atoms with van der Waals surface area (Å²) < 4.78 is 28.2. The van der Waals surface area contributed by atoms with Crippen LogP contribution in [0.3, 0.4) is 0 Å². The van der Waals surface area contributed by atoms with Crippen LogP contribution in [0.2, 0.25) is 0 Å². The van der Waals surface area contributed by atoms with E-state index < -0.39 is 22.0 Å². The van der Waals surface area contributed by atoms with Gasteiger partial charge >= 0.3 is 0 Å². The van der Waals surface area contributed by atoms with Gasteiger partial charge in [-0.2, -0.15) is 4.72 Å². The summed E-state index contributed by atoms with van der Waals surface area (Å²) in [5.41, 5.74) is 0.225. The van der Waals surface area contributed by atoms with Gasteiger partial charge in [0.1, 0.15) is 11.8 Å². The molecule has 0 saturated carbocycles. The minimum absolute atomic E-state index is 0.0873. The molecule has 3 N–H and O–H groups in total. The SMILES string of the molecule is CC(C)[C@H](NS(=O)(=O)c1ccc2ccccc2c1)C(=O)Nc1ccccc1O. The third kappa shape index (κ3) is 4.32. The molecule has 0 aliphatic rings. The number of fused-ring (bicyclic) bond motifs is 1. The van der Waals surface area contributed by atoms with E-state index in [1.54, 1.807) is 44.2 Å². The van der Waals surface area contributed by atoms with E-state index in [0.29, 0.717) is 0 Å². The van der Waals surface area contributed by atoms with Gasteiger partial charge in [0.2, 0.25) is 15.9 Å². The molecule has 0 saturated heterocycles. The number of phenols is 1. The van der Waals surface area contributed by atoms with Crippen molar-refractivity contribution < 1.29 is 18.3 Å². The molecule has 3 aromatic rings. The van der Waals surface area contributed by atoms with Crippen LogP contribution < -0.4 is 10.0 Å². The number of aromatic hydroxyl groups is 1. The topological polar surface area (TPSA) is 95.5 Å². The van der Waals surface area contributed by atoms with Crippen LogP contribution in [-0.2, 0) is 14.8 Å². The predicted molar refractivity (Wildman–Crippen MR) is 110 cm³/mol. The van der Waals surface area contributed by atoms with Crippen molar-refractivity contribution in [1.29, 1.82) is 0 Å². The maximum absolute atomic E-state index is 12.9. The van der Waals surface area contributed by atoms with Gasteiger partial charge in [-0.05, 0) is 41.0 Å². The number of carbonyl (C=O) groups excluding carboxylic acids is 1. The van der Waals surface area contributed by atoms with Crippen molar-refractivity contribution in [3.05, 3.63) is 66.7 Å². The molecule has 0 fully saturated rings. The average molecular weight is 398 g/mol. The number of amides is 1. The van der Waals surface area contributed by atoms with Crippen LogP contribution in [0.4, 0.5) is 5.69 Å². The van der Waals surface area contributed by atoms with Crippen LogP contribution in [-0.4, -0.2) is 25.5 Å². The number of anilines is 1. The summed E-state index contributed by atoms with van der Waals surface area (Å²) in [6, 6.07) is 17.6. The third-order valence-electron chi connectivity index (χ3n) is 4.42. The molecule has 0 bridgehead atoms. The molecular weight excluding hydrogens is 376 g/mol. The Hall–Kier alpha value is -2.90. The number of para-hydroxylation sites is 2. The third-order valence-corrected chi connectivity index (χ3v) is 5.86. The molecule has 3 aromatic carbocycles. The molecule has 0 aromatic heterocycles. The first-order chi connectivity index (χ1) is 13.3. The van der Waals surface area contributed by atoms with E-state index >= 15 is 0 Å². The fourth-order valence-corrected chi connectivity index (χ4v) is 4.23. The van der Waals surface area contributed by atoms with Crippen molar-refractivity contribution in [2.24, 2.45) is 5.92 Å². The van der Waals surface area contributed by atoms with Gasteiger partial charge in [0.15, 0.2) is 0 Å². The summed E-state index contributed by atoms with van der Waals surface area (Å²) in [5.74, 6) is -0.933. The molecule has 0 spiro atoms. The Morgan fingerprint density at radius 3 is 2.25 bits per heavy atom. The van der Waals surface area contributed by atoms with Crippen LogP contribution in [0.5, 0.6) is 5.75 Å². The maximum Gasteiger partial charge on any atom is 0.242 e. The molecule has 1 amide bonds. The van der Waals surface area contributed by atoms with Gasteiger partial charge in [-0.25, -0.2) is 8.42 Å². The molecular formula is C21H22N2O4S. The van der Waals surface area contributed by atoms with E-state index in [1.807, 2.05) is 24.3 Å². The number of nitrogens with one attached hydrogen (secondary N) is 2. The van der Waals surface area contributed by atoms with Gasteiger partial charge in [-0.15, -0.1) is 0 Å². The molecule has 6 nitrogen and oxygen atoms in total. The second-order valence-electron chi connectivity index (χ2n) is 6.86. The van der Waals surface area contributed by atoms with Crippen LogP contribution in [0.1, 0.15) is 13.8 Å². The minimum Gasteiger partial charge on any atom is -0.506 e. The van der Waals surface area contributed by atoms with E-state index in [0.717, 1.165) is 10.8 Å². The van der Waals surface area contributed by atoms with E-state index in [-0.39, 0.29) is 22.3 Å². The van der Waals surface area contributed by atoms with E-state index in [1.165, 1.54) is 12.1 Å². The Morgan fingerprint density at radius 2 is 1.57 bits per heavy atom. The summed E-state index contributed by atoms with van der Waals surface area (Å²) >= 11 is 0. The minimum atomic E-state index is -3.92. The quantitative estimate of drug-likeness (QED) is 0.554. The van der Waals surface area contributed by atoms with Crippen molar-refractivity contribution in [2.45, 2.75) is 24.8 Å².